The first-order valence-electron chi connectivity index (χ1n) is 3.44. The molecule has 0 aliphatic rings. The molecule has 1 heterocycles. The van der Waals surface area contributed by atoms with Crippen LogP contribution in [0, 0.1) is 17.0 Å². The average molecular weight is 378 g/mol. The summed E-state index contributed by atoms with van der Waals surface area (Å²) in [4.78, 5) is 13.6. The van der Waals surface area contributed by atoms with Crippen molar-refractivity contribution in [3.63, 3.8) is 0 Å². The number of hydrogen-bond acceptors (Lipinski definition) is 4. The average Bonchev–Trinajstić information content (AvgIpc) is 2.34. The number of nitro groups is 1. The predicted octanol–water partition coefficient (Wildman–Crippen LogP) is -0.289. The summed E-state index contributed by atoms with van der Waals surface area (Å²) < 4.78 is 1.36. The van der Waals surface area contributed by atoms with Gasteiger partial charge in [0, 0.05) is 34.2 Å². The number of aliphatic hydroxyl groups is 1. The van der Waals surface area contributed by atoms with Crippen molar-refractivity contribution in [2.24, 2.45) is 0 Å². The summed E-state index contributed by atoms with van der Waals surface area (Å²) in [5, 5.41) is 19.0. The standard InChI is InChI=1S/C6H9N3O3.Pb/c1-5-7-4-6(9(11)12)8(5)2-3-10;/h4,10H,2-3H2,1H3;. The van der Waals surface area contributed by atoms with Gasteiger partial charge in [-0.1, -0.05) is 0 Å². The summed E-state index contributed by atoms with van der Waals surface area (Å²) in [6.07, 6.45) is 1.19. The van der Waals surface area contributed by atoms with Crippen LogP contribution in [0.1, 0.15) is 5.82 Å². The van der Waals surface area contributed by atoms with Crippen LogP contribution in [0.15, 0.2) is 6.20 Å². The zero-order valence-corrected chi connectivity index (χ0v) is 11.0. The van der Waals surface area contributed by atoms with Gasteiger partial charge in [0.05, 0.1) is 6.61 Å². The summed E-state index contributed by atoms with van der Waals surface area (Å²) in [6, 6.07) is 0. The maximum atomic E-state index is 10.4. The number of rotatable bonds is 3. The molecule has 0 aliphatic heterocycles. The van der Waals surface area contributed by atoms with E-state index in [1.807, 2.05) is 0 Å². The fraction of sp³-hybridized carbons (Fsp3) is 0.500. The van der Waals surface area contributed by atoms with Crippen LogP contribution in [0.2, 0.25) is 0 Å². The first-order valence-corrected chi connectivity index (χ1v) is 3.44. The van der Waals surface area contributed by atoms with Crippen LogP contribution in [-0.4, -0.2) is 53.5 Å². The van der Waals surface area contributed by atoms with Gasteiger partial charge < -0.3 is 15.2 Å². The largest absolute Gasteiger partial charge is 0.392 e. The molecule has 0 amide bonds. The number of aryl methyl sites for hydroxylation is 1. The van der Waals surface area contributed by atoms with Crippen molar-refractivity contribution in [1.29, 1.82) is 0 Å². The minimum absolute atomic E-state index is 0. The molecule has 0 aliphatic carbocycles. The summed E-state index contributed by atoms with van der Waals surface area (Å²) in [5.74, 6) is 0.456. The van der Waals surface area contributed by atoms with Gasteiger partial charge in [-0.05, 0) is 4.92 Å². The molecule has 0 bridgehead atoms. The first kappa shape index (κ1) is 12.5. The molecule has 0 saturated heterocycles. The molecule has 0 spiro atoms. The Labute approximate surface area is 94.9 Å². The molecule has 1 N–H and O–H groups in total. The van der Waals surface area contributed by atoms with Gasteiger partial charge >= 0.3 is 5.82 Å². The monoisotopic (exact) mass is 379 g/mol. The molecule has 1 aromatic heterocycles. The van der Waals surface area contributed by atoms with E-state index in [0.29, 0.717) is 5.82 Å². The van der Waals surface area contributed by atoms with Gasteiger partial charge in [-0.3, -0.25) is 0 Å². The topological polar surface area (TPSA) is 81.2 Å². The van der Waals surface area contributed by atoms with Gasteiger partial charge in [0.25, 0.3) is 0 Å². The van der Waals surface area contributed by atoms with Crippen LogP contribution in [0.5, 0.6) is 0 Å². The van der Waals surface area contributed by atoms with Crippen LogP contribution in [-0.2, 0) is 6.54 Å². The number of hydrogen-bond donors (Lipinski definition) is 1. The fourth-order valence-electron chi connectivity index (χ4n) is 0.978. The molecule has 1 aromatic rings. The van der Waals surface area contributed by atoms with E-state index in [4.69, 9.17) is 5.11 Å². The molecular weight excluding hydrogens is 369 g/mol. The maximum Gasteiger partial charge on any atom is 0.342 e. The van der Waals surface area contributed by atoms with E-state index in [1.54, 1.807) is 6.92 Å². The van der Waals surface area contributed by atoms with E-state index in [0.717, 1.165) is 0 Å². The Morgan fingerprint density at radius 1 is 1.77 bits per heavy atom. The molecule has 13 heavy (non-hydrogen) atoms. The molecule has 0 saturated carbocycles. The Balaban J connectivity index is 0.00000144. The molecule has 4 radical (unpaired) electrons. The molecule has 0 atom stereocenters. The second kappa shape index (κ2) is 5.27. The van der Waals surface area contributed by atoms with Crippen molar-refractivity contribution in [1.82, 2.24) is 9.55 Å². The normalized spacial score (nSPS) is 9.38. The summed E-state index contributed by atoms with van der Waals surface area (Å²) >= 11 is 0. The third-order valence-corrected chi connectivity index (χ3v) is 1.54. The van der Waals surface area contributed by atoms with Crippen molar-refractivity contribution in [2.75, 3.05) is 6.61 Å². The maximum absolute atomic E-state index is 10.4. The van der Waals surface area contributed by atoms with Gasteiger partial charge in [-0.15, -0.1) is 0 Å². The molecule has 1 rings (SSSR count). The Morgan fingerprint density at radius 2 is 2.38 bits per heavy atom. The quantitative estimate of drug-likeness (QED) is 0.445. The Morgan fingerprint density at radius 3 is 2.85 bits per heavy atom. The minimum atomic E-state index is -0.518. The van der Waals surface area contributed by atoms with Crippen LogP contribution in [0.4, 0.5) is 5.82 Å². The molecule has 70 valence electrons. The third-order valence-electron chi connectivity index (χ3n) is 1.54. The number of imidazole rings is 1. The zero-order chi connectivity index (χ0) is 9.14. The Kier molecular flexibility index (Phi) is 5.07. The molecule has 6 nitrogen and oxygen atoms in total. The number of aromatic nitrogens is 2. The Hall–Kier alpha value is -0.508. The van der Waals surface area contributed by atoms with E-state index in [9.17, 15) is 10.1 Å². The third kappa shape index (κ3) is 2.73. The van der Waals surface area contributed by atoms with Crippen molar-refractivity contribution >= 4 is 33.1 Å². The number of nitrogens with zero attached hydrogens (tertiary/aromatic N) is 3. The summed E-state index contributed by atoms with van der Waals surface area (Å²) in [7, 11) is 0. The van der Waals surface area contributed by atoms with Gasteiger partial charge in [0.15, 0.2) is 5.82 Å². The smallest absolute Gasteiger partial charge is 0.342 e. The SMILES string of the molecule is Cc1ncc([N+](=O)[O-])n1CCO.[Pb]. The summed E-state index contributed by atoms with van der Waals surface area (Å²) in [5.41, 5.74) is 0. The second-order valence-electron chi connectivity index (χ2n) is 2.30. The van der Waals surface area contributed by atoms with Crippen molar-refractivity contribution in [3.8, 4) is 0 Å². The second-order valence-corrected chi connectivity index (χ2v) is 2.30. The molecule has 7 heteroatoms. The van der Waals surface area contributed by atoms with Gasteiger partial charge in [-0.25, -0.2) is 9.55 Å². The Bertz CT molecular complexity index is 299. The molecular formula is C6H9N3O3Pb. The van der Waals surface area contributed by atoms with E-state index < -0.39 is 4.92 Å². The predicted molar refractivity (Wildman–Crippen MR) is 46.5 cm³/mol. The van der Waals surface area contributed by atoms with Crippen LogP contribution >= 0.6 is 0 Å². The first-order chi connectivity index (χ1) is 5.66. The van der Waals surface area contributed by atoms with Gasteiger partial charge in [0.2, 0.25) is 0 Å². The minimum Gasteiger partial charge on any atom is -0.392 e. The van der Waals surface area contributed by atoms with Gasteiger partial charge in [-0.2, -0.15) is 0 Å². The van der Waals surface area contributed by atoms with Crippen molar-refractivity contribution < 1.29 is 10.0 Å². The van der Waals surface area contributed by atoms with Crippen molar-refractivity contribution in [2.45, 2.75) is 13.5 Å². The van der Waals surface area contributed by atoms with E-state index >= 15 is 0 Å². The fourth-order valence-corrected chi connectivity index (χ4v) is 0.978. The van der Waals surface area contributed by atoms with Crippen molar-refractivity contribution in [3.05, 3.63) is 22.1 Å². The number of aliphatic hydroxyl groups excluding tert-OH is 1. The van der Waals surface area contributed by atoms with E-state index in [-0.39, 0.29) is 46.3 Å². The van der Waals surface area contributed by atoms with Gasteiger partial charge in [0.1, 0.15) is 12.7 Å². The zero-order valence-electron chi connectivity index (χ0n) is 7.10. The molecule has 0 unspecified atom stereocenters. The van der Waals surface area contributed by atoms with E-state index in [2.05, 4.69) is 4.98 Å². The summed E-state index contributed by atoms with van der Waals surface area (Å²) in [6.45, 7) is 1.74. The van der Waals surface area contributed by atoms with E-state index in [1.165, 1.54) is 10.8 Å². The van der Waals surface area contributed by atoms with Crippen LogP contribution in [0.25, 0.3) is 0 Å². The molecule has 0 fully saturated rings. The van der Waals surface area contributed by atoms with Crippen LogP contribution in [0.3, 0.4) is 0 Å². The molecule has 0 aromatic carbocycles. The van der Waals surface area contributed by atoms with Crippen LogP contribution < -0.4 is 0 Å².